The smallest absolute Gasteiger partial charge is 0.0858 e. The first-order valence-electron chi connectivity index (χ1n) is 7.49. The molecule has 4 heteroatoms. The molecule has 1 N–H and O–H groups in total. The van der Waals surface area contributed by atoms with E-state index in [4.69, 9.17) is 16.3 Å². The topological polar surface area (TPSA) is 24.5 Å². The SMILES string of the molecule is CCCN1CCOC(C(Cc2ccccc2Cl)NC)C1. The zero-order valence-corrected chi connectivity index (χ0v) is 13.2. The molecule has 20 heavy (non-hydrogen) atoms. The Bertz CT molecular complexity index is 411. The summed E-state index contributed by atoms with van der Waals surface area (Å²) in [6, 6.07) is 8.36. The summed E-state index contributed by atoms with van der Waals surface area (Å²) in [5.74, 6) is 0. The van der Waals surface area contributed by atoms with Crippen LogP contribution in [0.2, 0.25) is 5.02 Å². The Morgan fingerprint density at radius 1 is 1.45 bits per heavy atom. The first kappa shape index (κ1) is 15.8. The number of ether oxygens (including phenoxy) is 1. The van der Waals surface area contributed by atoms with Gasteiger partial charge in [-0.1, -0.05) is 36.7 Å². The van der Waals surface area contributed by atoms with Gasteiger partial charge in [-0.25, -0.2) is 0 Å². The first-order valence-corrected chi connectivity index (χ1v) is 7.87. The molecule has 1 aliphatic heterocycles. The van der Waals surface area contributed by atoms with Gasteiger partial charge in [0.25, 0.3) is 0 Å². The molecule has 1 aromatic carbocycles. The van der Waals surface area contributed by atoms with Crippen LogP contribution >= 0.6 is 11.6 Å². The Hall–Kier alpha value is -0.610. The molecule has 2 unspecified atom stereocenters. The average Bonchev–Trinajstić information content (AvgIpc) is 2.47. The molecule has 1 aliphatic rings. The number of hydrogen-bond acceptors (Lipinski definition) is 3. The third-order valence-electron chi connectivity index (χ3n) is 3.93. The van der Waals surface area contributed by atoms with Crippen LogP contribution in [0.15, 0.2) is 24.3 Å². The Balaban J connectivity index is 1.99. The van der Waals surface area contributed by atoms with Crippen molar-refractivity contribution in [2.24, 2.45) is 0 Å². The fourth-order valence-electron chi connectivity index (χ4n) is 2.81. The lowest BCUT2D eigenvalue weighted by molar-refractivity contribution is -0.0450. The number of likely N-dealkylation sites (N-methyl/N-ethyl adjacent to an activating group) is 1. The normalized spacial score (nSPS) is 21.9. The van der Waals surface area contributed by atoms with Crippen LogP contribution in [0.4, 0.5) is 0 Å². The molecule has 0 amide bonds. The Morgan fingerprint density at radius 2 is 2.25 bits per heavy atom. The van der Waals surface area contributed by atoms with Gasteiger partial charge in [-0.3, -0.25) is 4.90 Å². The lowest BCUT2D eigenvalue weighted by atomic mass is 10.00. The van der Waals surface area contributed by atoms with Crippen LogP contribution in [-0.4, -0.2) is 50.3 Å². The number of benzene rings is 1. The van der Waals surface area contributed by atoms with Crippen LogP contribution in [0.25, 0.3) is 0 Å². The van der Waals surface area contributed by atoms with E-state index in [-0.39, 0.29) is 6.10 Å². The quantitative estimate of drug-likeness (QED) is 0.873. The van der Waals surface area contributed by atoms with Gasteiger partial charge in [0.05, 0.1) is 12.7 Å². The van der Waals surface area contributed by atoms with E-state index < -0.39 is 0 Å². The van der Waals surface area contributed by atoms with Gasteiger partial charge >= 0.3 is 0 Å². The van der Waals surface area contributed by atoms with E-state index in [0.717, 1.165) is 37.7 Å². The van der Waals surface area contributed by atoms with Crippen LogP contribution in [0.3, 0.4) is 0 Å². The lowest BCUT2D eigenvalue weighted by Crippen LogP contribution is -2.52. The van der Waals surface area contributed by atoms with Gasteiger partial charge in [0.15, 0.2) is 0 Å². The molecular formula is C16H25ClN2O. The third kappa shape index (κ3) is 4.19. The minimum atomic E-state index is 0.233. The summed E-state index contributed by atoms with van der Waals surface area (Å²) in [5.41, 5.74) is 1.18. The Morgan fingerprint density at radius 3 is 2.95 bits per heavy atom. The highest BCUT2D eigenvalue weighted by Crippen LogP contribution is 2.19. The molecule has 0 aromatic heterocycles. The van der Waals surface area contributed by atoms with Gasteiger partial charge in [-0.15, -0.1) is 0 Å². The fourth-order valence-corrected chi connectivity index (χ4v) is 3.03. The van der Waals surface area contributed by atoms with E-state index in [9.17, 15) is 0 Å². The maximum Gasteiger partial charge on any atom is 0.0858 e. The number of hydrogen-bond donors (Lipinski definition) is 1. The molecule has 1 aromatic rings. The summed E-state index contributed by atoms with van der Waals surface area (Å²) in [4.78, 5) is 2.49. The van der Waals surface area contributed by atoms with E-state index in [1.165, 1.54) is 12.0 Å². The number of morpholine rings is 1. The number of rotatable bonds is 6. The summed E-state index contributed by atoms with van der Waals surface area (Å²) in [5, 5.41) is 4.24. The zero-order valence-electron chi connectivity index (χ0n) is 12.4. The van der Waals surface area contributed by atoms with Crippen molar-refractivity contribution >= 4 is 11.6 Å². The van der Waals surface area contributed by atoms with Crippen molar-refractivity contribution in [1.82, 2.24) is 10.2 Å². The third-order valence-corrected chi connectivity index (χ3v) is 4.30. The second-order valence-corrected chi connectivity index (χ2v) is 5.81. The van der Waals surface area contributed by atoms with E-state index in [1.54, 1.807) is 0 Å². The second-order valence-electron chi connectivity index (χ2n) is 5.40. The highest BCUT2D eigenvalue weighted by molar-refractivity contribution is 6.31. The first-order chi connectivity index (χ1) is 9.74. The average molecular weight is 297 g/mol. The van der Waals surface area contributed by atoms with Crippen molar-refractivity contribution in [3.63, 3.8) is 0 Å². The van der Waals surface area contributed by atoms with E-state index >= 15 is 0 Å². The molecule has 1 saturated heterocycles. The molecule has 3 nitrogen and oxygen atoms in total. The van der Waals surface area contributed by atoms with Crippen molar-refractivity contribution in [2.75, 3.05) is 33.3 Å². The summed E-state index contributed by atoms with van der Waals surface area (Å²) in [6.07, 6.45) is 2.33. The molecule has 0 aliphatic carbocycles. The van der Waals surface area contributed by atoms with Crippen molar-refractivity contribution in [3.8, 4) is 0 Å². The number of nitrogens with zero attached hydrogens (tertiary/aromatic N) is 1. The maximum atomic E-state index is 6.26. The summed E-state index contributed by atoms with van der Waals surface area (Å²) >= 11 is 6.26. The standard InChI is InChI=1S/C16H25ClN2O/c1-3-8-19-9-10-20-16(12-19)15(18-2)11-13-6-4-5-7-14(13)17/h4-7,15-16,18H,3,8-12H2,1-2H3. The van der Waals surface area contributed by atoms with Gasteiger partial charge in [-0.05, 0) is 38.1 Å². The minimum Gasteiger partial charge on any atom is -0.374 e. The molecule has 1 fully saturated rings. The monoisotopic (exact) mass is 296 g/mol. The van der Waals surface area contributed by atoms with Gasteiger partial charge in [0.2, 0.25) is 0 Å². The van der Waals surface area contributed by atoms with Gasteiger partial charge in [-0.2, -0.15) is 0 Å². The molecular weight excluding hydrogens is 272 g/mol. The molecule has 0 bridgehead atoms. The molecule has 2 atom stereocenters. The molecule has 0 spiro atoms. The number of halogens is 1. The van der Waals surface area contributed by atoms with Crippen molar-refractivity contribution in [3.05, 3.63) is 34.9 Å². The van der Waals surface area contributed by atoms with E-state index in [1.807, 2.05) is 25.2 Å². The molecule has 112 valence electrons. The van der Waals surface area contributed by atoms with Gasteiger partial charge in [0.1, 0.15) is 0 Å². The molecule has 1 heterocycles. The Labute approximate surface area is 127 Å². The summed E-state index contributed by atoms with van der Waals surface area (Å²) in [6.45, 7) is 6.26. The highest BCUT2D eigenvalue weighted by Gasteiger charge is 2.27. The van der Waals surface area contributed by atoms with Crippen molar-refractivity contribution in [1.29, 1.82) is 0 Å². The van der Waals surface area contributed by atoms with Crippen LogP contribution < -0.4 is 5.32 Å². The van der Waals surface area contributed by atoms with E-state index in [0.29, 0.717) is 6.04 Å². The number of nitrogens with one attached hydrogen (secondary N) is 1. The van der Waals surface area contributed by atoms with Crippen LogP contribution in [0.5, 0.6) is 0 Å². The second kappa shape index (κ2) is 7.99. The van der Waals surface area contributed by atoms with E-state index in [2.05, 4.69) is 23.2 Å². The van der Waals surface area contributed by atoms with Crippen molar-refractivity contribution < 1.29 is 4.74 Å². The lowest BCUT2D eigenvalue weighted by Gasteiger charge is -2.37. The zero-order chi connectivity index (χ0) is 14.4. The van der Waals surface area contributed by atoms with Gasteiger partial charge < -0.3 is 10.1 Å². The van der Waals surface area contributed by atoms with Gasteiger partial charge in [0, 0.05) is 24.2 Å². The predicted molar refractivity (Wildman–Crippen MR) is 84.5 cm³/mol. The van der Waals surface area contributed by atoms with Crippen molar-refractivity contribution in [2.45, 2.75) is 31.9 Å². The Kier molecular flexibility index (Phi) is 6.30. The van der Waals surface area contributed by atoms with Crippen LogP contribution in [-0.2, 0) is 11.2 Å². The minimum absolute atomic E-state index is 0.233. The highest BCUT2D eigenvalue weighted by atomic mass is 35.5. The molecule has 0 radical (unpaired) electrons. The summed E-state index contributed by atoms with van der Waals surface area (Å²) in [7, 11) is 2.00. The molecule has 0 saturated carbocycles. The molecule has 2 rings (SSSR count). The maximum absolute atomic E-state index is 6.26. The predicted octanol–water partition coefficient (Wildman–Crippen LogP) is 2.58. The largest absolute Gasteiger partial charge is 0.374 e. The fraction of sp³-hybridized carbons (Fsp3) is 0.625. The summed E-state index contributed by atoms with van der Waals surface area (Å²) < 4.78 is 5.97. The van der Waals surface area contributed by atoms with Crippen LogP contribution in [0.1, 0.15) is 18.9 Å². The van der Waals surface area contributed by atoms with Crippen LogP contribution in [0, 0.1) is 0 Å².